The van der Waals surface area contributed by atoms with Crippen molar-refractivity contribution in [2.75, 3.05) is 0 Å². The van der Waals surface area contributed by atoms with E-state index in [1.54, 1.807) is 0 Å². The molecule has 2 aliphatic rings. The molecule has 0 spiro atoms. The molecule has 1 nitrogen and oxygen atoms in total. The van der Waals surface area contributed by atoms with Crippen LogP contribution in [0.5, 0.6) is 0 Å². The Morgan fingerprint density at radius 3 is 2.21 bits per heavy atom. The van der Waals surface area contributed by atoms with E-state index in [4.69, 9.17) is 0 Å². The van der Waals surface area contributed by atoms with E-state index in [1.807, 2.05) is 6.92 Å². The largest absolute Gasteiger partial charge is 0.390 e. The van der Waals surface area contributed by atoms with E-state index in [9.17, 15) is 5.11 Å². The van der Waals surface area contributed by atoms with Gasteiger partial charge in [0.2, 0.25) is 0 Å². The summed E-state index contributed by atoms with van der Waals surface area (Å²) >= 11 is 0. The van der Waals surface area contributed by atoms with Gasteiger partial charge in [0, 0.05) is 0 Å². The lowest BCUT2D eigenvalue weighted by Gasteiger charge is -2.39. The maximum Gasteiger partial charge on any atom is 0.0622 e. The van der Waals surface area contributed by atoms with Crippen molar-refractivity contribution in [1.82, 2.24) is 0 Å². The first-order chi connectivity index (χ1) is 6.67. The zero-order valence-corrected chi connectivity index (χ0v) is 9.47. The van der Waals surface area contributed by atoms with Gasteiger partial charge in [0.1, 0.15) is 0 Å². The van der Waals surface area contributed by atoms with E-state index >= 15 is 0 Å². The minimum absolute atomic E-state index is 0.347. The van der Waals surface area contributed by atoms with Crippen LogP contribution in [0, 0.1) is 11.8 Å². The van der Waals surface area contributed by atoms with Crippen LogP contribution < -0.4 is 0 Å². The van der Waals surface area contributed by atoms with Gasteiger partial charge in [-0.1, -0.05) is 38.5 Å². The fourth-order valence-electron chi connectivity index (χ4n) is 3.52. The van der Waals surface area contributed by atoms with Crippen LogP contribution >= 0.6 is 0 Å². The van der Waals surface area contributed by atoms with E-state index in [0.29, 0.717) is 0 Å². The molecule has 2 rings (SSSR count). The lowest BCUT2D eigenvalue weighted by molar-refractivity contribution is -0.0155. The Kier molecular flexibility index (Phi) is 3.16. The highest BCUT2D eigenvalue weighted by Gasteiger charge is 2.34. The van der Waals surface area contributed by atoms with Crippen LogP contribution in [0.15, 0.2) is 0 Å². The van der Waals surface area contributed by atoms with E-state index in [0.717, 1.165) is 24.7 Å². The minimum Gasteiger partial charge on any atom is -0.390 e. The first kappa shape index (κ1) is 10.5. The average molecular weight is 196 g/mol. The molecule has 82 valence electrons. The number of aliphatic hydroxyl groups is 1. The molecule has 0 radical (unpaired) electrons. The van der Waals surface area contributed by atoms with Crippen molar-refractivity contribution in [2.45, 2.75) is 70.3 Å². The lowest BCUT2D eigenvalue weighted by atomic mass is 9.69. The second kappa shape index (κ2) is 4.22. The first-order valence-corrected chi connectivity index (χ1v) is 6.40. The molecule has 2 unspecified atom stereocenters. The average Bonchev–Trinajstić information content (AvgIpc) is 2.18. The van der Waals surface area contributed by atoms with Crippen molar-refractivity contribution < 1.29 is 5.11 Å². The third kappa shape index (κ3) is 2.50. The Morgan fingerprint density at radius 1 is 0.929 bits per heavy atom. The molecule has 2 saturated carbocycles. The summed E-state index contributed by atoms with van der Waals surface area (Å²) in [5, 5.41) is 10.1. The molecule has 0 heterocycles. The van der Waals surface area contributed by atoms with E-state index in [1.165, 1.54) is 44.9 Å². The van der Waals surface area contributed by atoms with E-state index in [2.05, 4.69) is 0 Å². The molecule has 1 heteroatoms. The fourth-order valence-corrected chi connectivity index (χ4v) is 3.52. The summed E-state index contributed by atoms with van der Waals surface area (Å²) in [5.74, 6) is 1.77. The molecule has 2 atom stereocenters. The first-order valence-electron chi connectivity index (χ1n) is 6.40. The highest BCUT2D eigenvalue weighted by atomic mass is 16.3. The van der Waals surface area contributed by atoms with Gasteiger partial charge in [-0.3, -0.25) is 0 Å². The molecule has 0 saturated heterocycles. The zero-order chi connectivity index (χ0) is 10.0. The minimum atomic E-state index is -0.347. The summed E-state index contributed by atoms with van der Waals surface area (Å²) in [6.45, 7) is 2.03. The molecule has 2 fully saturated rings. The van der Waals surface area contributed by atoms with Gasteiger partial charge in [0.15, 0.2) is 0 Å². The maximum atomic E-state index is 10.1. The summed E-state index contributed by atoms with van der Waals surface area (Å²) in [6, 6.07) is 0. The van der Waals surface area contributed by atoms with Gasteiger partial charge in [-0.25, -0.2) is 0 Å². The molecule has 0 aromatic carbocycles. The van der Waals surface area contributed by atoms with Gasteiger partial charge < -0.3 is 5.11 Å². The number of hydrogen-bond acceptors (Lipinski definition) is 1. The Hall–Kier alpha value is -0.0400. The van der Waals surface area contributed by atoms with Gasteiger partial charge in [-0.2, -0.15) is 0 Å². The van der Waals surface area contributed by atoms with Gasteiger partial charge in [-0.05, 0) is 38.0 Å². The molecule has 0 aliphatic heterocycles. The normalized spacial score (nSPS) is 41.1. The fraction of sp³-hybridized carbons (Fsp3) is 1.00. The Labute approximate surface area is 87.9 Å². The van der Waals surface area contributed by atoms with Crippen molar-refractivity contribution in [3.05, 3.63) is 0 Å². The third-order valence-corrected chi connectivity index (χ3v) is 4.31. The predicted octanol–water partition coefficient (Wildman–Crippen LogP) is 3.51. The highest BCUT2D eigenvalue weighted by Crippen LogP contribution is 2.41. The van der Waals surface area contributed by atoms with Crippen LogP contribution in [0.1, 0.15) is 64.7 Å². The second-order valence-electron chi connectivity index (χ2n) is 5.75. The van der Waals surface area contributed by atoms with Gasteiger partial charge in [0.25, 0.3) is 0 Å². The summed E-state index contributed by atoms with van der Waals surface area (Å²) in [6.07, 6.45) is 11.9. The van der Waals surface area contributed by atoms with Gasteiger partial charge in [-0.15, -0.1) is 0 Å². The van der Waals surface area contributed by atoms with Crippen LogP contribution in [0.3, 0.4) is 0 Å². The van der Waals surface area contributed by atoms with Crippen LogP contribution in [0.25, 0.3) is 0 Å². The van der Waals surface area contributed by atoms with E-state index < -0.39 is 0 Å². The lowest BCUT2D eigenvalue weighted by Crippen LogP contribution is -2.35. The van der Waals surface area contributed by atoms with Gasteiger partial charge >= 0.3 is 0 Å². The predicted molar refractivity (Wildman–Crippen MR) is 59.2 cm³/mol. The Balaban J connectivity index is 1.89. The van der Waals surface area contributed by atoms with Crippen molar-refractivity contribution in [1.29, 1.82) is 0 Å². The summed E-state index contributed by atoms with van der Waals surface area (Å²) < 4.78 is 0. The summed E-state index contributed by atoms with van der Waals surface area (Å²) in [4.78, 5) is 0. The molecule has 0 aromatic heterocycles. The summed E-state index contributed by atoms with van der Waals surface area (Å²) in [5.41, 5.74) is -0.347. The molecule has 0 bridgehead atoms. The molecular weight excluding hydrogens is 172 g/mol. The monoisotopic (exact) mass is 196 g/mol. The number of rotatable bonds is 1. The molecule has 1 N–H and O–H groups in total. The SMILES string of the molecule is CC1(O)CCCC(C2CCCCC2)C1. The van der Waals surface area contributed by atoms with Crippen LogP contribution in [0.2, 0.25) is 0 Å². The maximum absolute atomic E-state index is 10.1. The smallest absolute Gasteiger partial charge is 0.0622 e. The zero-order valence-electron chi connectivity index (χ0n) is 9.47. The van der Waals surface area contributed by atoms with Crippen molar-refractivity contribution in [3.8, 4) is 0 Å². The van der Waals surface area contributed by atoms with Crippen LogP contribution in [-0.4, -0.2) is 10.7 Å². The van der Waals surface area contributed by atoms with Crippen molar-refractivity contribution in [3.63, 3.8) is 0 Å². The van der Waals surface area contributed by atoms with Crippen molar-refractivity contribution in [2.24, 2.45) is 11.8 Å². The third-order valence-electron chi connectivity index (χ3n) is 4.31. The standard InChI is InChI=1S/C13H24O/c1-13(14)9-5-8-12(10-13)11-6-3-2-4-7-11/h11-12,14H,2-10H2,1H3. The molecule has 0 aromatic rings. The highest BCUT2D eigenvalue weighted by molar-refractivity contribution is 4.86. The van der Waals surface area contributed by atoms with E-state index in [-0.39, 0.29) is 5.60 Å². The van der Waals surface area contributed by atoms with Crippen molar-refractivity contribution >= 4 is 0 Å². The molecule has 14 heavy (non-hydrogen) atoms. The molecular formula is C13H24O. The van der Waals surface area contributed by atoms with Gasteiger partial charge in [0.05, 0.1) is 5.60 Å². The molecule has 2 aliphatic carbocycles. The van der Waals surface area contributed by atoms with Crippen LogP contribution in [0.4, 0.5) is 0 Å². The Morgan fingerprint density at radius 2 is 1.57 bits per heavy atom. The van der Waals surface area contributed by atoms with Crippen LogP contribution in [-0.2, 0) is 0 Å². The molecule has 0 amide bonds. The second-order valence-corrected chi connectivity index (χ2v) is 5.75. The Bertz CT molecular complexity index is 180. The number of hydrogen-bond donors (Lipinski definition) is 1. The topological polar surface area (TPSA) is 20.2 Å². The summed E-state index contributed by atoms with van der Waals surface area (Å²) in [7, 11) is 0. The quantitative estimate of drug-likeness (QED) is 0.680.